The van der Waals surface area contributed by atoms with Gasteiger partial charge < -0.3 is 10.1 Å². The Bertz CT molecular complexity index is 544. The normalized spacial score (nSPS) is 19.3. The number of benzene rings is 1. The van der Waals surface area contributed by atoms with Crippen molar-refractivity contribution in [2.45, 2.75) is 18.4 Å². The average molecular weight is 255 g/mol. The molecule has 0 bridgehead atoms. The van der Waals surface area contributed by atoms with Crippen LogP contribution in [0.2, 0.25) is 0 Å². The zero-order valence-corrected chi connectivity index (χ0v) is 10.9. The predicted molar refractivity (Wildman–Crippen MR) is 73.1 cm³/mol. The SMILES string of the molecule is CNC(c1cncnc1)C1CCOc2ccccc21. The number of nitrogens with zero attached hydrogens (tertiary/aromatic N) is 2. The van der Waals surface area contributed by atoms with Crippen molar-refractivity contribution in [1.29, 1.82) is 0 Å². The lowest BCUT2D eigenvalue weighted by Crippen LogP contribution is -2.28. The first kappa shape index (κ1) is 12.1. The molecule has 1 aromatic heterocycles. The summed E-state index contributed by atoms with van der Waals surface area (Å²) in [6.45, 7) is 0.757. The largest absolute Gasteiger partial charge is 0.493 e. The van der Waals surface area contributed by atoms with E-state index in [2.05, 4.69) is 27.4 Å². The number of nitrogens with one attached hydrogen (secondary N) is 1. The minimum Gasteiger partial charge on any atom is -0.493 e. The lowest BCUT2D eigenvalue weighted by atomic mass is 9.84. The summed E-state index contributed by atoms with van der Waals surface area (Å²) in [7, 11) is 1.98. The van der Waals surface area contributed by atoms with Crippen molar-refractivity contribution in [1.82, 2.24) is 15.3 Å². The van der Waals surface area contributed by atoms with Crippen LogP contribution in [-0.2, 0) is 0 Å². The Morgan fingerprint density at radius 3 is 2.84 bits per heavy atom. The molecule has 1 N–H and O–H groups in total. The standard InChI is InChI=1S/C15H17N3O/c1-16-15(11-8-17-10-18-9-11)13-6-7-19-14-5-3-2-4-12(13)14/h2-5,8-10,13,15-16H,6-7H2,1H3. The van der Waals surface area contributed by atoms with E-state index in [4.69, 9.17) is 4.74 Å². The molecule has 0 amide bonds. The van der Waals surface area contributed by atoms with E-state index in [1.807, 2.05) is 31.6 Å². The van der Waals surface area contributed by atoms with E-state index in [0.29, 0.717) is 5.92 Å². The maximum Gasteiger partial charge on any atom is 0.122 e. The Kier molecular flexibility index (Phi) is 3.42. The van der Waals surface area contributed by atoms with Gasteiger partial charge in [-0.05, 0) is 25.1 Å². The molecule has 2 unspecified atom stereocenters. The summed E-state index contributed by atoms with van der Waals surface area (Å²) in [4.78, 5) is 8.24. The van der Waals surface area contributed by atoms with Crippen molar-refractivity contribution >= 4 is 0 Å². The zero-order valence-electron chi connectivity index (χ0n) is 10.9. The first-order chi connectivity index (χ1) is 9.40. The molecular formula is C15H17N3O. The van der Waals surface area contributed by atoms with Crippen LogP contribution in [0.1, 0.15) is 29.5 Å². The number of rotatable bonds is 3. The topological polar surface area (TPSA) is 47.0 Å². The van der Waals surface area contributed by atoms with Crippen molar-refractivity contribution in [3.63, 3.8) is 0 Å². The minimum absolute atomic E-state index is 0.214. The van der Waals surface area contributed by atoms with Gasteiger partial charge >= 0.3 is 0 Å². The molecule has 98 valence electrons. The van der Waals surface area contributed by atoms with Crippen LogP contribution < -0.4 is 10.1 Å². The van der Waals surface area contributed by atoms with Gasteiger partial charge in [0.2, 0.25) is 0 Å². The van der Waals surface area contributed by atoms with Crippen LogP contribution in [0.4, 0.5) is 0 Å². The summed E-state index contributed by atoms with van der Waals surface area (Å²) in [5, 5.41) is 3.39. The third kappa shape index (κ3) is 2.31. The van der Waals surface area contributed by atoms with Crippen LogP contribution in [0.15, 0.2) is 43.0 Å². The first-order valence-electron chi connectivity index (χ1n) is 6.54. The molecule has 0 spiro atoms. The van der Waals surface area contributed by atoms with E-state index in [1.54, 1.807) is 6.33 Å². The number of aromatic nitrogens is 2. The molecule has 19 heavy (non-hydrogen) atoms. The summed E-state index contributed by atoms with van der Waals surface area (Å²) in [6, 6.07) is 8.48. The molecule has 0 radical (unpaired) electrons. The number of likely N-dealkylation sites (N-methyl/N-ethyl adjacent to an activating group) is 1. The molecule has 3 rings (SSSR count). The van der Waals surface area contributed by atoms with Gasteiger partial charge in [0.05, 0.1) is 6.61 Å². The van der Waals surface area contributed by atoms with Crippen molar-refractivity contribution in [3.05, 3.63) is 54.1 Å². The number of hydrogen-bond donors (Lipinski definition) is 1. The van der Waals surface area contributed by atoms with E-state index >= 15 is 0 Å². The fraction of sp³-hybridized carbons (Fsp3) is 0.333. The third-order valence-corrected chi connectivity index (χ3v) is 3.66. The number of fused-ring (bicyclic) bond motifs is 1. The Morgan fingerprint density at radius 1 is 1.26 bits per heavy atom. The molecule has 0 fully saturated rings. The van der Waals surface area contributed by atoms with Crippen LogP contribution >= 0.6 is 0 Å². The molecule has 0 aliphatic carbocycles. The summed E-state index contributed by atoms with van der Waals surface area (Å²) in [5.74, 6) is 1.39. The summed E-state index contributed by atoms with van der Waals surface area (Å²) < 4.78 is 5.73. The molecule has 1 aliphatic heterocycles. The predicted octanol–water partition coefficient (Wildman–Crippen LogP) is 2.30. The average Bonchev–Trinajstić information content (AvgIpc) is 2.49. The minimum atomic E-state index is 0.214. The molecule has 4 heteroatoms. The van der Waals surface area contributed by atoms with Gasteiger partial charge in [0.25, 0.3) is 0 Å². The van der Waals surface area contributed by atoms with Gasteiger partial charge in [-0.2, -0.15) is 0 Å². The molecule has 2 atom stereocenters. The van der Waals surface area contributed by atoms with Crippen LogP contribution in [-0.4, -0.2) is 23.6 Å². The Balaban J connectivity index is 1.97. The summed E-state index contributed by atoms with van der Waals surface area (Å²) >= 11 is 0. The second kappa shape index (κ2) is 5.36. The molecule has 1 aliphatic rings. The second-order valence-electron chi connectivity index (χ2n) is 4.72. The Morgan fingerprint density at radius 2 is 2.05 bits per heavy atom. The van der Waals surface area contributed by atoms with Gasteiger partial charge in [0.1, 0.15) is 12.1 Å². The molecule has 4 nitrogen and oxygen atoms in total. The molecule has 0 saturated heterocycles. The summed E-state index contributed by atoms with van der Waals surface area (Å²) in [6.07, 6.45) is 6.32. The van der Waals surface area contributed by atoms with Gasteiger partial charge in [-0.15, -0.1) is 0 Å². The molecule has 1 aromatic carbocycles. The Hall–Kier alpha value is -1.94. The first-order valence-corrected chi connectivity index (χ1v) is 6.54. The van der Waals surface area contributed by atoms with E-state index in [9.17, 15) is 0 Å². The second-order valence-corrected chi connectivity index (χ2v) is 4.72. The fourth-order valence-corrected chi connectivity index (χ4v) is 2.79. The zero-order chi connectivity index (χ0) is 13.1. The molecule has 0 saturated carbocycles. The number of ether oxygens (including phenoxy) is 1. The third-order valence-electron chi connectivity index (χ3n) is 3.66. The highest BCUT2D eigenvalue weighted by Gasteiger charge is 2.29. The highest BCUT2D eigenvalue weighted by molar-refractivity contribution is 5.39. The Labute approximate surface area is 112 Å². The van der Waals surface area contributed by atoms with Crippen molar-refractivity contribution in [2.75, 3.05) is 13.7 Å². The molecule has 2 heterocycles. The van der Waals surface area contributed by atoms with Crippen LogP contribution in [0, 0.1) is 0 Å². The van der Waals surface area contributed by atoms with Gasteiger partial charge in [0.15, 0.2) is 0 Å². The smallest absolute Gasteiger partial charge is 0.122 e. The number of para-hydroxylation sites is 1. The maximum absolute atomic E-state index is 5.73. The van der Waals surface area contributed by atoms with Crippen molar-refractivity contribution in [3.8, 4) is 5.75 Å². The molecular weight excluding hydrogens is 238 g/mol. The molecule has 2 aromatic rings. The highest BCUT2D eigenvalue weighted by atomic mass is 16.5. The fourth-order valence-electron chi connectivity index (χ4n) is 2.79. The maximum atomic E-state index is 5.73. The highest BCUT2D eigenvalue weighted by Crippen LogP contribution is 2.40. The van der Waals surface area contributed by atoms with Crippen LogP contribution in [0.25, 0.3) is 0 Å². The van der Waals surface area contributed by atoms with E-state index in [1.165, 1.54) is 5.56 Å². The van der Waals surface area contributed by atoms with Gasteiger partial charge in [-0.25, -0.2) is 9.97 Å². The van der Waals surface area contributed by atoms with Crippen LogP contribution in [0.5, 0.6) is 5.75 Å². The monoisotopic (exact) mass is 255 g/mol. The van der Waals surface area contributed by atoms with Gasteiger partial charge in [0, 0.05) is 29.9 Å². The van der Waals surface area contributed by atoms with E-state index in [-0.39, 0.29) is 6.04 Å². The van der Waals surface area contributed by atoms with E-state index < -0.39 is 0 Å². The quantitative estimate of drug-likeness (QED) is 0.914. The van der Waals surface area contributed by atoms with E-state index in [0.717, 1.165) is 24.3 Å². The summed E-state index contributed by atoms with van der Waals surface area (Å²) in [5.41, 5.74) is 2.38. The lowest BCUT2D eigenvalue weighted by Gasteiger charge is -2.32. The van der Waals surface area contributed by atoms with Crippen molar-refractivity contribution < 1.29 is 4.74 Å². The van der Waals surface area contributed by atoms with Crippen LogP contribution in [0.3, 0.4) is 0 Å². The van der Waals surface area contributed by atoms with Gasteiger partial charge in [-0.3, -0.25) is 0 Å². The van der Waals surface area contributed by atoms with Gasteiger partial charge in [-0.1, -0.05) is 18.2 Å². The van der Waals surface area contributed by atoms with Crippen molar-refractivity contribution in [2.24, 2.45) is 0 Å². The number of hydrogen-bond acceptors (Lipinski definition) is 4. The lowest BCUT2D eigenvalue weighted by molar-refractivity contribution is 0.248.